The van der Waals surface area contributed by atoms with Gasteiger partial charge >= 0.3 is 0 Å². The Morgan fingerprint density at radius 2 is 1.94 bits per heavy atom. The summed E-state index contributed by atoms with van der Waals surface area (Å²) in [5.74, 6) is 1.16. The standard InChI is InChI=1S/C13H23N3/c1-12(2)11(13(12,3)4)15-7-6-10-14-8-9-16(10)5/h8-9,11,15H,6-7H2,1-5H3. The number of imidazole rings is 1. The van der Waals surface area contributed by atoms with Crippen molar-refractivity contribution in [1.29, 1.82) is 0 Å². The number of aryl methyl sites for hydroxylation is 1. The molecule has 1 aromatic rings. The van der Waals surface area contributed by atoms with Crippen LogP contribution in [0.25, 0.3) is 0 Å². The minimum Gasteiger partial charge on any atom is -0.338 e. The van der Waals surface area contributed by atoms with Crippen LogP contribution in [0.15, 0.2) is 12.4 Å². The molecule has 1 aliphatic carbocycles. The van der Waals surface area contributed by atoms with Gasteiger partial charge in [-0.15, -0.1) is 0 Å². The van der Waals surface area contributed by atoms with Crippen LogP contribution in [0.1, 0.15) is 33.5 Å². The van der Waals surface area contributed by atoms with E-state index in [1.165, 1.54) is 0 Å². The maximum absolute atomic E-state index is 4.33. The van der Waals surface area contributed by atoms with Gasteiger partial charge in [-0.05, 0) is 10.8 Å². The maximum Gasteiger partial charge on any atom is 0.109 e. The van der Waals surface area contributed by atoms with Crippen molar-refractivity contribution in [3.8, 4) is 0 Å². The van der Waals surface area contributed by atoms with Crippen LogP contribution in [0.3, 0.4) is 0 Å². The lowest BCUT2D eigenvalue weighted by atomic mass is 10.0. The van der Waals surface area contributed by atoms with E-state index in [9.17, 15) is 0 Å². The van der Waals surface area contributed by atoms with E-state index < -0.39 is 0 Å². The van der Waals surface area contributed by atoms with Gasteiger partial charge in [0.05, 0.1) is 0 Å². The summed E-state index contributed by atoms with van der Waals surface area (Å²) in [5, 5.41) is 3.65. The summed E-state index contributed by atoms with van der Waals surface area (Å²) in [7, 11) is 2.05. The minimum atomic E-state index is 0.425. The van der Waals surface area contributed by atoms with Gasteiger partial charge < -0.3 is 9.88 Å². The van der Waals surface area contributed by atoms with Gasteiger partial charge in [-0.1, -0.05) is 27.7 Å². The first-order chi connectivity index (χ1) is 7.37. The fourth-order valence-electron chi connectivity index (χ4n) is 2.67. The van der Waals surface area contributed by atoms with Gasteiger partial charge in [-0.2, -0.15) is 0 Å². The summed E-state index contributed by atoms with van der Waals surface area (Å²) in [6.07, 6.45) is 4.87. The summed E-state index contributed by atoms with van der Waals surface area (Å²) in [4.78, 5) is 4.33. The van der Waals surface area contributed by atoms with E-state index in [0.29, 0.717) is 16.9 Å². The average Bonchev–Trinajstić information content (AvgIpc) is 2.52. The van der Waals surface area contributed by atoms with Gasteiger partial charge in [-0.25, -0.2) is 4.98 Å². The summed E-state index contributed by atoms with van der Waals surface area (Å²) in [6, 6.07) is 0.639. The van der Waals surface area contributed by atoms with E-state index >= 15 is 0 Å². The van der Waals surface area contributed by atoms with Gasteiger partial charge in [0.2, 0.25) is 0 Å². The average molecular weight is 221 g/mol. The molecule has 1 aliphatic rings. The lowest BCUT2D eigenvalue weighted by Gasteiger charge is -2.06. The van der Waals surface area contributed by atoms with Gasteiger partial charge in [-0.3, -0.25) is 0 Å². The van der Waals surface area contributed by atoms with Crippen LogP contribution in [-0.4, -0.2) is 22.1 Å². The van der Waals surface area contributed by atoms with Crippen molar-refractivity contribution in [2.75, 3.05) is 6.54 Å². The molecule has 16 heavy (non-hydrogen) atoms. The Morgan fingerprint density at radius 1 is 1.31 bits per heavy atom. The molecule has 1 heterocycles. The Hall–Kier alpha value is -0.830. The number of nitrogens with zero attached hydrogens (tertiary/aromatic N) is 2. The number of aromatic nitrogens is 2. The molecule has 1 saturated carbocycles. The third kappa shape index (κ3) is 1.67. The van der Waals surface area contributed by atoms with Crippen LogP contribution < -0.4 is 5.32 Å². The van der Waals surface area contributed by atoms with Crippen LogP contribution in [0.5, 0.6) is 0 Å². The zero-order chi connectivity index (χ0) is 12.0. The van der Waals surface area contributed by atoms with E-state index in [1.807, 2.05) is 19.4 Å². The van der Waals surface area contributed by atoms with Crippen molar-refractivity contribution in [1.82, 2.24) is 14.9 Å². The van der Waals surface area contributed by atoms with E-state index in [0.717, 1.165) is 18.8 Å². The fraction of sp³-hybridized carbons (Fsp3) is 0.769. The molecule has 1 fully saturated rings. The quantitative estimate of drug-likeness (QED) is 0.842. The SMILES string of the molecule is Cn1ccnc1CCNC1C(C)(C)C1(C)C. The highest BCUT2D eigenvalue weighted by Crippen LogP contribution is 2.62. The topological polar surface area (TPSA) is 29.9 Å². The Labute approximate surface area is 98.3 Å². The summed E-state index contributed by atoms with van der Waals surface area (Å²) < 4.78 is 2.09. The van der Waals surface area contributed by atoms with Gasteiger partial charge in [0.25, 0.3) is 0 Å². The molecule has 0 unspecified atom stereocenters. The van der Waals surface area contributed by atoms with Gasteiger partial charge in [0, 0.05) is 38.4 Å². The van der Waals surface area contributed by atoms with Crippen molar-refractivity contribution in [2.24, 2.45) is 17.9 Å². The summed E-state index contributed by atoms with van der Waals surface area (Å²) in [6.45, 7) is 10.4. The predicted molar refractivity (Wildman–Crippen MR) is 66.3 cm³/mol. The first-order valence-corrected chi connectivity index (χ1v) is 6.07. The second kappa shape index (κ2) is 3.59. The first-order valence-electron chi connectivity index (χ1n) is 6.07. The highest BCUT2D eigenvalue weighted by molar-refractivity contribution is 5.17. The maximum atomic E-state index is 4.33. The van der Waals surface area contributed by atoms with Crippen LogP contribution >= 0.6 is 0 Å². The molecular formula is C13H23N3. The zero-order valence-electron chi connectivity index (χ0n) is 11.0. The molecule has 90 valence electrons. The van der Waals surface area contributed by atoms with E-state index in [4.69, 9.17) is 0 Å². The van der Waals surface area contributed by atoms with Gasteiger partial charge in [0.15, 0.2) is 0 Å². The van der Waals surface area contributed by atoms with Crippen molar-refractivity contribution in [2.45, 2.75) is 40.2 Å². The predicted octanol–water partition coefficient (Wildman–Crippen LogP) is 1.99. The molecule has 2 rings (SSSR count). The molecule has 0 atom stereocenters. The monoisotopic (exact) mass is 221 g/mol. The van der Waals surface area contributed by atoms with Crippen molar-refractivity contribution < 1.29 is 0 Å². The Balaban J connectivity index is 1.81. The highest BCUT2D eigenvalue weighted by atomic mass is 15.1. The van der Waals surface area contributed by atoms with E-state index in [-0.39, 0.29) is 0 Å². The molecule has 1 N–H and O–H groups in total. The molecule has 0 spiro atoms. The molecule has 3 nitrogen and oxygen atoms in total. The molecule has 0 bridgehead atoms. The second-order valence-electron chi connectivity index (χ2n) is 6.03. The van der Waals surface area contributed by atoms with Crippen LogP contribution in [0, 0.1) is 10.8 Å². The van der Waals surface area contributed by atoms with Gasteiger partial charge in [0.1, 0.15) is 5.82 Å². The lowest BCUT2D eigenvalue weighted by Crippen LogP contribution is -2.25. The fourth-order valence-corrected chi connectivity index (χ4v) is 2.67. The smallest absolute Gasteiger partial charge is 0.109 e. The lowest BCUT2D eigenvalue weighted by molar-refractivity contribution is 0.457. The zero-order valence-corrected chi connectivity index (χ0v) is 11.0. The molecule has 3 heteroatoms. The highest BCUT2D eigenvalue weighted by Gasteiger charge is 2.64. The second-order valence-corrected chi connectivity index (χ2v) is 6.03. The van der Waals surface area contributed by atoms with Crippen LogP contribution in [0.2, 0.25) is 0 Å². The van der Waals surface area contributed by atoms with Crippen molar-refractivity contribution in [3.63, 3.8) is 0 Å². The molecule has 0 radical (unpaired) electrons. The molecule has 0 aromatic carbocycles. The molecule has 0 amide bonds. The van der Waals surface area contributed by atoms with E-state index in [1.54, 1.807) is 0 Å². The number of hydrogen-bond acceptors (Lipinski definition) is 2. The van der Waals surface area contributed by atoms with Crippen molar-refractivity contribution >= 4 is 0 Å². The number of rotatable bonds is 4. The third-order valence-electron chi connectivity index (χ3n) is 4.64. The minimum absolute atomic E-state index is 0.425. The molecular weight excluding hydrogens is 198 g/mol. The molecule has 0 aliphatic heterocycles. The number of nitrogens with one attached hydrogen (secondary N) is 1. The van der Waals surface area contributed by atoms with Crippen LogP contribution in [0.4, 0.5) is 0 Å². The van der Waals surface area contributed by atoms with Crippen molar-refractivity contribution in [3.05, 3.63) is 18.2 Å². The Bertz CT molecular complexity index is 362. The number of hydrogen-bond donors (Lipinski definition) is 1. The largest absolute Gasteiger partial charge is 0.338 e. The summed E-state index contributed by atoms with van der Waals surface area (Å²) >= 11 is 0. The van der Waals surface area contributed by atoms with Crippen LogP contribution in [-0.2, 0) is 13.5 Å². The molecule has 1 aromatic heterocycles. The van der Waals surface area contributed by atoms with E-state index in [2.05, 4.69) is 42.6 Å². The molecule has 0 saturated heterocycles. The normalized spacial score (nSPS) is 22.3. The third-order valence-corrected chi connectivity index (χ3v) is 4.64. The summed E-state index contributed by atoms with van der Waals surface area (Å²) in [5.41, 5.74) is 0.850. The Morgan fingerprint density at radius 3 is 2.38 bits per heavy atom. The Kier molecular flexibility index (Phi) is 2.61. The first kappa shape index (κ1) is 11.6.